The van der Waals surface area contributed by atoms with E-state index >= 15 is 0 Å². The predicted octanol–water partition coefficient (Wildman–Crippen LogP) is 5.05. The van der Waals surface area contributed by atoms with E-state index in [1.807, 2.05) is 5.38 Å². The molecule has 0 spiro atoms. The van der Waals surface area contributed by atoms with Gasteiger partial charge in [-0.1, -0.05) is 30.7 Å². The van der Waals surface area contributed by atoms with Gasteiger partial charge in [-0.05, 0) is 38.5 Å². The number of nitrogens with zero attached hydrogens (tertiary/aromatic N) is 2. The summed E-state index contributed by atoms with van der Waals surface area (Å²) in [6, 6.07) is 8.94. The second-order valence-electron chi connectivity index (χ2n) is 7.01. The Morgan fingerprint density at radius 2 is 2.00 bits per heavy atom. The number of anilines is 1. The largest absolute Gasteiger partial charge is 0.351 e. The fraction of sp³-hybridized carbons (Fsp3) is 0.318. The molecule has 0 atom stereocenters. The summed E-state index contributed by atoms with van der Waals surface area (Å²) in [6.07, 6.45) is 1.22. The smallest absolute Gasteiger partial charge is 0.252 e. The topological polar surface area (TPSA) is 76.0 Å². The first-order chi connectivity index (χ1) is 14.4. The van der Waals surface area contributed by atoms with Gasteiger partial charge < -0.3 is 15.2 Å². The highest BCUT2D eigenvalue weighted by Crippen LogP contribution is 2.30. The Labute approximate surface area is 185 Å². The second-order valence-corrected chi connectivity index (χ2v) is 8.27. The molecule has 2 N–H and O–H groups in total. The Morgan fingerprint density at radius 1 is 1.23 bits per heavy atom. The van der Waals surface area contributed by atoms with Gasteiger partial charge in [0.05, 0.1) is 16.3 Å². The van der Waals surface area contributed by atoms with Crippen LogP contribution in [-0.2, 0) is 11.3 Å². The average Bonchev–Trinajstić information content (AvgIpc) is 3.28. The Bertz CT molecular complexity index is 1060. The van der Waals surface area contributed by atoms with Crippen LogP contribution >= 0.6 is 22.9 Å². The number of thiazole rings is 1. The highest BCUT2D eigenvalue weighted by atomic mass is 35.5. The molecule has 0 bridgehead atoms. The van der Waals surface area contributed by atoms with Crippen LogP contribution < -0.4 is 10.6 Å². The average molecular weight is 445 g/mol. The molecule has 0 aliphatic rings. The minimum absolute atomic E-state index is 0.149. The number of aryl methyl sites for hydroxylation is 1. The molecule has 3 rings (SSSR count). The molecule has 0 aliphatic carbocycles. The summed E-state index contributed by atoms with van der Waals surface area (Å²) in [7, 11) is 0. The first kappa shape index (κ1) is 22.1. The molecule has 0 unspecified atom stereocenters. The van der Waals surface area contributed by atoms with Gasteiger partial charge in [0.15, 0.2) is 5.13 Å². The predicted molar refractivity (Wildman–Crippen MR) is 122 cm³/mol. The lowest BCUT2D eigenvalue weighted by Crippen LogP contribution is -2.27. The highest BCUT2D eigenvalue weighted by molar-refractivity contribution is 7.14. The summed E-state index contributed by atoms with van der Waals surface area (Å²) in [5.74, 6) is -0.501. The van der Waals surface area contributed by atoms with Crippen LogP contribution in [0, 0.1) is 13.8 Å². The monoisotopic (exact) mass is 444 g/mol. The van der Waals surface area contributed by atoms with Crippen LogP contribution in [0.2, 0.25) is 5.02 Å². The van der Waals surface area contributed by atoms with Crippen LogP contribution in [0.25, 0.3) is 11.3 Å². The van der Waals surface area contributed by atoms with Crippen molar-refractivity contribution in [3.63, 3.8) is 0 Å². The lowest BCUT2D eigenvalue weighted by Gasteiger charge is -2.07. The first-order valence-corrected chi connectivity index (χ1v) is 11.1. The minimum Gasteiger partial charge on any atom is -0.351 e. The molecule has 158 valence electrons. The maximum absolute atomic E-state index is 12.2. The van der Waals surface area contributed by atoms with Gasteiger partial charge in [-0.3, -0.25) is 9.59 Å². The van der Waals surface area contributed by atoms with Crippen LogP contribution in [0.5, 0.6) is 0 Å². The van der Waals surface area contributed by atoms with E-state index in [1.54, 1.807) is 24.3 Å². The van der Waals surface area contributed by atoms with Crippen LogP contribution in [0.1, 0.15) is 41.5 Å². The van der Waals surface area contributed by atoms with Crippen LogP contribution in [0.4, 0.5) is 5.13 Å². The Hall–Kier alpha value is -2.64. The van der Waals surface area contributed by atoms with E-state index in [2.05, 4.69) is 47.0 Å². The van der Waals surface area contributed by atoms with E-state index < -0.39 is 0 Å². The fourth-order valence-corrected chi connectivity index (χ4v) is 4.24. The van der Waals surface area contributed by atoms with Gasteiger partial charge in [-0.25, -0.2) is 4.98 Å². The molecule has 0 saturated heterocycles. The van der Waals surface area contributed by atoms with Gasteiger partial charge in [0.2, 0.25) is 5.91 Å². The van der Waals surface area contributed by atoms with Crippen molar-refractivity contribution in [1.29, 1.82) is 0 Å². The number of benzene rings is 1. The summed E-state index contributed by atoms with van der Waals surface area (Å²) in [5.41, 5.74) is 4.73. The highest BCUT2D eigenvalue weighted by Gasteiger charge is 2.15. The summed E-state index contributed by atoms with van der Waals surface area (Å²) < 4.78 is 2.29. The van der Waals surface area contributed by atoms with E-state index in [9.17, 15) is 9.59 Å². The summed E-state index contributed by atoms with van der Waals surface area (Å²) >= 11 is 7.40. The van der Waals surface area contributed by atoms with Crippen molar-refractivity contribution in [3.05, 3.63) is 57.7 Å². The van der Waals surface area contributed by atoms with Gasteiger partial charge in [-0.15, -0.1) is 11.3 Å². The van der Waals surface area contributed by atoms with E-state index in [4.69, 9.17) is 11.6 Å². The molecular weight excluding hydrogens is 420 g/mol. The van der Waals surface area contributed by atoms with Crippen molar-refractivity contribution < 1.29 is 9.59 Å². The summed E-state index contributed by atoms with van der Waals surface area (Å²) in [5, 5.41) is 8.40. The van der Waals surface area contributed by atoms with E-state index in [0.29, 0.717) is 15.7 Å². The van der Waals surface area contributed by atoms with Crippen molar-refractivity contribution in [3.8, 4) is 11.3 Å². The molecule has 8 heteroatoms. The zero-order valence-corrected chi connectivity index (χ0v) is 18.9. The molecular formula is C22H25ClN4O2S. The molecule has 2 aromatic heterocycles. The van der Waals surface area contributed by atoms with E-state index in [1.165, 1.54) is 22.7 Å². The van der Waals surface area contributed by atoms with Crippen LogP contribution in [0.3, 0.4) is 0 Å². The molecule has 0 aliphatic heterocycles. The third kappa shape index (κ3) is 5.09. The van der Waals surface area contributed by atoms with Gasteiger partial charge in [0.25, 0.3) is 5.91 Å². The zero-order valence-electron chi connectivity index (χ0n) is 17.3. The van der Waals surface area contributed by atoms with E-state index in [0.717, 1.165) is 24.2 Å². The van der Waals surface area contributed by atoms with Crippen molar-refractivity contribution in [2.24, 2.45) is 0 Å². The minimum atomic E-state index is -0.299. The summed E-state index contributed by atoms with van der Waals surface area (Å²) in [6.45, 7) is 7.54. The first-order valence-electron chi connectivity index (χ1n) is 9.86. The van der Waals surface area contributed by atoms with Gasteiger partial charge in [0.1, 0.15) is 0 Å². The number of hydrogen-bond acceptors (Lipinski definition) is 4. The van der Waals surface area contributed by atoms with Gasteiger partial charge in [0, 0.05) is 41.8 Å². The zero-order chi connectivity index (χ0) is 21.7. The number of halogens is 1. The van der Waals surface area contributed by atoms with Crippen LogP contribution in [-0.4, -0.2) is 27.9 Å². The molecule has 2 heterocycles. The lowest BCUT2D eigenvalue weighted by molar-refractivity contribution is -0.116. The van der Waals surface area contributed by atoms with Crippen LogP contribution in [0.15, 0.2) is 35.7 Å². The number of carbonyl (C=O) groups is 2. The standard InChI is InChI=1S/C22H25ClN4O2S/c1-4-11-27-14(2)12-17(15(27)3)19-13-30-22(25-19)26-20(28)9-10-24-21(29)16-7-5-6-8-18(16)23/h5-8,12-13H,4,9-11H2,1-3H3,(H,24,29)(H,25,26,28). The SMILES string of the molecule is CCCn1c(C)cc(-c2csc(NC(=O)CCNC(=O)c3ccccc3Cl)n2)c1C. The molecule has 0 saturated carbocycles. The molecule has 3 aromatic rings. The number of nitrogens with one attached hydrogen (secondary N) is 2. The van der Waals surface area contributed by atoms with E-state index in [-0.39, 0.29) is 24.8 Å². The molecule has 0 fully saturated rings. The normalized spacial score (nSPS) is 10.8. The number of rotatable bonds is 8. The number of aromatic nitrogens is 2. The maximum atomic E-state index is 12.2. The number of amides is 2. The quantitative estimate of drug-likeness (QED) is 0.510. The second kappa shape index (κ2) is 9.91. The molecule has 1 aromatic carbocycles. The summed E-state index contributed by atoms with van der Waals surface area (Å²) in [4.78, 5) is 28.9. The molecule has 6 nitrogen and oxygen atoms in total. The Balaban J connectivity index is 1.55. The lowest BCUT2D eigenvalue weighted by atomic mass is 10.2. The molecule has 2 amide bonds. The fourth-order valence-electron chi connectivity index (χ4n) is 3.29. The van der Waals surface area contributed by atoms with Crippen molar-refractivity contribution in [1.82, 2.24) is 14.9 Å². The Kier molecular flexibility index (Phi) is 7.29. The third-order valence-electron chi connectivity index (χ3n) is 4.80. The molecule has 0 radical (unpaired) electrons. The van der Waals surface area contributed by atoms with Crippen molar-refractivity contribution in [2.75, 3.05) is 11.9 Å². The van der Waals surface area contributed by atoms with Gasteiger partial charge >= 0.3 is 0 Å². The molecule has 30 heavy (non-hydrogen) atoms. The van der Waals surface area contributed by atoms with Gasteiger partial charge in [-0.2, -0.15) is 0 Å². The Morgan fingerprint density at radius 3 is 2.73 bits per heavy atom. The number of carbonyl (C=O) groups excluding carboxylic acids is 2. The van der Waals surface area contributed by atoms with Crippen molar-refractivity contribution in [2.45, 2.75) is 40.2 Å². The maximum Gasteiger partial charge on any atom is 0.252 e. The number of hydrogen-bond donors (Lipinski definition) is 2. The van der Waals surface area contributed by atoms with Crippen molar-refractivity contribution >= 4 is 39.9 Å². The third-order valence-corrected chi connectivity index (χ3v) is 5.89.